The third-order valence-corrected chi connectivity index (χ3v) is 3.55. The Morgan fingerprint density at radius 1 is 1.41 bits per heavy atom. The highest BCUT2D eigenvalue weighted by Crippen LogP contribution is 2.06. The van der Waals surface area contributed by atoms with E-state index in [0.717, 1.165) is 6.54 Å². The van der Waals surface area contributed by atoms with Gasteiger partial charge in [0.1, 0.15) is 5.82 Å². The number of carbonyl (C=O) groups excluding carboxylic acids is 1. The van der Waals surface area contributed by atoms with Crippen molar-refractivity contribution in [3.05, 3.63) is 35.6 Å². The molecule has 1 aliphatic heterocycles. The van der Waals surface area contributed by atoms with Crippen LogP contribution in [0.25, 0.3) is 0 Å². The fourth-order valence-corrected chi connectivity index (χ4v) is 2.30. The van der Waals surface area contributed by atoms with Gasteiger partial charge in [-0.2, -0.15) is 0 Å². The fraction of sp³-hybridized carbons (Fsp3) is 0.562. The molecule has 0 aromatic heterocycles. The first-order valence-electron chi connectivity index (χ1n) is 7.53. The minimum absolute atomic E-state index is 0.0697. The largest absolute Gasteiger partial charge is 0.376 e. The lowest BCUT2D eigenvalue weighted by Gasteiger charge is -2.27. The molecule has 1 fully saturated rings. The predicted molar refractivity (Wildman–Crippen MR) is 80.9 cm³/mol. The summed E-state index contributed by atoms with van der Waals surface area (Å²) in [6, 6.07) is 6.45. The summed E-state index contributed by atoms with van der Waals surface area (Å²) < 4.78 is 24.3. The van der Waals surface area contributed by atoms with Crippen LogP contribution in [0.1, 0.15) is 12.0 Å². The van der Waals surface area contributed by atoms with E-state index in [1.165, 1.54) is 6.07 Å². The molecule has 0 radical (unpaired) electrons. The summed E-state index contributed by atoms with van der Waals surface area (Å²) in [6.07, 6.45) is 0.443. The number of hydrogen-bond donors (Lipinski definition) is 1. The molecule has 0 unspecified atom stereocenters. The van der Waals surface area contributed by atoms with E-state index >= 15 is 0 Å². The highest BCUT2D eigenvalue weighted by molar-refractivity contribution is 5.76. The fourth-order valence-electron chi connectivity index (χ4n) is 2.30. The van der Waals surface area contributed by atoms with Crippen molar-refractivity contribution in [2.24, 2.45) is 0 Å². The molecule has 2 rings (SSSR count). The molecule has 1 aromatic carbocycles. The van der Waals surface area contributed by atoms with Crippen molar-refractivity contribution in [1.29, 1.82) is 0 Å². The SMILES string of the molecule is CN(CCC(=O)NCc1ccccc1F)C[C@H]1COCCO1. The molecule has 6 heteroatoms. The van der Waals surface area contributed by atoms with E-state index < -0.39 is 0 Å². The van der Waals surface area contributed by atoms with E-state index in [2.05, 4.69) is 5.32 Å². The van der Waals surface area contributed by atoms with E-state index in [1.54, 1.807) is 18.2 Å². The lowest BCUT2D eigenvalue weighted by atomic mass is 10.2. The molecule has 5 nitrogen and oxygen atoms in total. The zero-order valence-electron chi connectivity index (χ0n) is 12.9. The molecule has 1 aliphatic rings. The number of hydrogen-bond acceptors (Lipinski definition) is 4. The Morgan fingerprint density at radius 3 is 2.95 bits per heavy atom. The highest BCUT2D eigenvalue weighted by atomic mass is 19.1. The topological polar surface area (TPSA) is 50.8 Å². The Balaban J connectivity index is 1.63. The summed E-state index contributed by atoms with van der Waals surface area (Å²) >= 11 is 0. The quantitative estimate of drug-likeness (QED) is 0.822. The Kier molecular flexibility index (Phi) is 6.76. The van der Waals surface area contributed by atoms with Gasteiger partial charge in [-0.25, -0.2) is 4.39 Å². The van der Waals surface area contributed by atoms with Gasteiger partial charge in [-0.15, -0.1) is 0 Å². The van der Waals surface area contributed by atoms with E-state index in [0.29, 0.717) is 38.3 Å². The van der Waals surface area contributed by atoms with Gasteiger partial charge in [0.25, 0.3) is 0 Å². The molecule has 22 heavy (non-hydrogen) atoms. The summed E-state index contributed by atoms with van der Waals surface area (Å²) in [7, 11) is 1.95. The molecular formula is C16H23FN2O3. The Labute approximate surface area is 130 Å². The van der Waals surface area contributed by atoms with Crippen molar-refractivity contribution >= 4 is 5.91 Å². The normalized spacial score (nSPS) is 18.4. The van der Waals surface area contributed by atoms with Gasteiger partial charge < -0.3 is 19.7 Å². The van der Waals surface area contributed by atoms with Crippen LogP contribution in [0.4, 0.5) is 4.39 Å². The second kappa shape index (κ2) is 8.82. The average molecular weight is 310 g/mol. The highest BCUT2D eigenvalue weighted by Gasteiger charge is 2.16. The number of carbonyl (C=O) groups is 1. The van der Waals surface area contributed by atoms with E-state index in [1.807, 2.05) is 11.9 Å². The lowest BCUT2D eigenvalue weighted by Crippen LogP contribution is -2.39. The number of nitrogens with one attached hydrogen (secondary N) is 1. The number of rotatable bonds is 7. The third kappa shape index (κ3) is 5.71. The lowest BCUT2D eigenvalue weighted by molar-refractivity contribution is -0.122. The number of amides is 1. The van der Waals surface area contributed by atoms with E-state index in [9.17, 15) is 9.18 Å². The van der Waals surface area contributed by atoms with Gasteiger partial charge in [0.2, 0.25) is 5.91 Å². The number of ether oxygens (including phenoxy) is 2. The summed E-state index contributed by atoms with van der Waals surface area (Å²) in [5.74, 6) is -0.384. The van der Waals surface area contributed by atoms with Crippen LogP contribution in [0, 0.1) is 5.82 Å². The summed E-state index contributed by atoms with van der Waals surface area (Å²) in [5.41, 5.74) is 0.497. The monoisotopic (exact) mass is 310 g/mol. The summed E-state index contributed by atoms with van der Waals surface area (Å²) in [5, 5.41) is 2.74. The van der Waals surface area contributed by atoms with Gasteiger partial charge in [0.05, 0.1) is 25.9 Å². The van der Waals surface area contributed by atoms with Crippen LogP contribution >= 0.6 is 0 Å². The van der Waals surface area contributed by atoms with Crippen LogP contribution in [-0.2, 0) is 20.8 Å². The van der Waals surface area contributed by atoms with Crippen LogP contribution in [0.15, 0.2) is 24.3 Å². The standard InChI is InChI=1S/C16H23FN2O3/c1-19(11-14-12-21-8-9-22-14)7-6-16(20)18-10-13-4-2-3-5-15(13)17/h2-5,14H,6-12H2,1H3,(H,18,20)/t14-/m0/s1. The van der Waals surface area contributed by atoms with Crippen LogP contribution in [-0.4, -0.2) is 56.9 Å². The maximum absolute atomic E-state index is 13.4. The van der Waals surface area contributed by atoms with Crippen molar-refractivity contribution in [3.63, 3.8) is 0 Å². The number of halogens is 1. The van der Waals surface area contributed by atoms with Crippen molar-refractivity contribution in [2.45, 2.75) is 19.1 Å². The number of nitrogens with zero attached hydrogens (tertiary/aromatic N) is 1. The second-order valence-electron chi connectivity index (χ2n) is 5.45. The molecule has 0 spiro atoms. The van der Waals surface area contributed by atoms with Gasteiger partial charge >= 0.3 is 0 Å². The van der Waals surface area contributed by atoms with E-state index in [4.69, 9.17) is 9.47 Å². The van der Waals surface area contributed by atoms with Gasteiger partial charge in [-0.05, 0) is 13.1 Å². The van der Waals surface area contributed by atoms with E-state index in [-0.39, 0.29) is 24.4 Å². The molecule has 122 valence electrons. The van der Waals surface area contributed by atoms with Crippen LogP contribution in [0.2, 0.25) is 0 Å². The van der Waals surface area contributed by atoms with Gasteiger partial charge in [0.15, 0.2) is 0 Å². The molecule has 1 aromatic rings. The first-order valence-corrected chi connectivity index (χ1v) is 7.53. The van der Waals surface area contributed by atoms with Gasteiger partial charge in [0, 0.05) is 31.6 Å². The Bertz CT molecular complexity index is 478. The zero-order valence-corrected chi connectivity index (χ0v) is 12.9. The Hall–Kier alpha value is -1.50. The number of likely N-dealkylation sites (N-methyl/N-ethyl adjacent to an activating group) is 1. The van der Waals surface area contributed by atoms with Gasteiger partial charge in [-0.1, -0.05) is 18.2 Å². The summed E-state index contributed by atoms with van der Waals surface area (Å²) in [6.45, 7) is 3.46. The molecule has 1 heterocycles. The van der Waals surface area contributed by atoms with Crippen molar-refractivity contribution in [1.82, 2.24) is 10.2 Å². The molecule has 0 bridgehead atoms. The summed E-state index contributed by atoms with van der Waals surface area (Å²) in [4.78, 5) is 13.9. The van der Waals surface area contributed by atoms with Crippen LogP contribution in [0.3, 0.4) is 0 Å². The van der Waals surface area contributed by atoms with Crippen molar-refractivity contribution < 1.29 is 18.7 Å². The minimum atomic E-state index is -0.297. The first kappa shape index (κ1) is 16.9. The van der Waals surface area contributed by atoms with Crippen LogP contribution < -0.4 is 5.32 Å². The molecular weight excluding hydrogens is 287 g/mol. The maximum Gasteiger partial charge on any atom is 0.221 e. The van der Waals surface area contributed by atoms with Crippen molar-refractivity contribution in [3.8, 4) is 0 Å². The molecule has 1 saturated heterocycles. The zero-order chi connectivity index (χ0) is 15.8. The second-order valence-corrected chi connectivity index (χ2v) is 5.45. The molecule has 1 amide bonds. The molecule has 0 saturated carbocycles. The maximum atomic E-state index is 13.4. The molecule has 1 atom stereocenters. The molecule has 0 aliphatic carbocycles. The van der Waals surface area contributed by atoms with Gasteiger partial charge in [-0.3, -0.25) is 4.79 Å². The predicted octanol–water partition coefficient (Wildman–Crippen LogP) is 1.18. The van der Waals surface area contributed by atoms with Crippen molar-refractivity contribution in [2.75, 3.05) is 40.0 Å². The smallest absolute Gasteiger partial charge is 0.221 e. The Morgan fingerprint density at radius 2 is 2.23 bits per heavy atom. The first-order chi connectivity index (χ1) is 10.6. The molecule has 1 N–H and O–H groups in total. The number of benzene rings is 1. The third-order valence-electron chi connectivity index (χ3n) is 3.55. The van der Waals surface area contributed by atoms with Crippen LogP contribution in [0.5, 0.6) is 0 Å². The minimum Gasteiger partial charge on any atom is -0.376 e. The average Bonchev–Trinajstić information content (AvgIpc) is 2.53.